The van der Waals surface area contributed by atoms with Crippen LogP contribution in [0.25, 0.3) is 0 Å². The van der Waals surface area contributed by atoms with Crippen molar-refractivity contribution in [3.8, 4) is 0 Å². The highest BCUT2D eigenvalue weighted by Gasteiger charge is 2.12. The van der Waals surface area contributed by atoms with Gasteiger partial charge < -0.3 is 10.6 Å². The van der Waals surface area contributed by atoms with Crippen molar-refractivity contribution in [1.82, 2.24) is 10.6 Å². The van der Waals surface area contributed by atoms with Crippen molar-refractivity contribution in [2.75, 3.05) is 13.6 Å². The molecule has 0 fully saturated rings. The predicted molar refractivity (Wildman–Crippen MR) is 66.9 cm³/mol. The first-order valence-electron chi connectivity index (χ1n) is 4.94. The molecule has 0 aliphatic rings. The molecule has 0 aliphatic carbocycles. The molecule has 1 aromatic carbocycles. The molecular weight excluding hydrogens is 247 g/mol. The molecular formula is C11H14Cl2N2O. The normalized spacial score (nSPS) is 12.2. The number of benzene rings is 1. The van der Waals surface area contributed by atoms with E-state index in [-0.39, 0.29) is 18.5 Å². The van der Waals surface area contributed by atoms with Crippen molar-refractivity contribution in [1.29, 1.82) is 0 Å². The van der Waals surface area contributed by atoms with Gasteiger partial charge in [0.1, 0.15) is 0 Å². The fourth-order valence-corrected chi connectivity index (χ4v) is 1.77. The van der Waals surface area contributed by atoms with Crippen LogP contribution in [0.4, 0.5) is 0 Å². The first-order chi connectivity index (χ1) is 7.56. The molecule has 0 bridgehead atoms. The summed E-state index contributed by atoms with van der Waals surface area (Å²) in [7, 11) is 1.60. The van der Waals surface area contributed by atoms with Gasteiger partial charge in [0.2, 0.25) is 5.91 Å². The monoisotopic (exact) mass is 260 g/mol. The first-order valence-corrected chi connectivity index (χ1v) is 5.69. The Morgan fingerprint density at radius 2 is 2.12 bits per heavy atom. The molecule has 1 rings (SSSR count). The van der Waals surface area contributed by atoms with E-state index in [1.807, 2.05) is 19.1 Å². The third-order valence-corrected chi connectivity index (χ3v) is 3.13. The molecule has 1 aromatic rings. The zero-order valence-corrected chi connectivity index (χ0v) is 10.7. The molecule has 88 valence electrons. The van der Waals surface area contributed by atoms with Crippen molar-refractivity contribution in [2.45, 2.75) is 13.0 Å². The molecule has 2 N–H and O–H groups in total. The summed E-state index contributed by atoms with van der Waals surface area (Å²) < 4.78 is 0. The van der Waals surface area contributed by atoms with Gasteiger partial charge in [0, 0.05) is 13.1 Å². The van der Waals surface area contributed by atoms with Gasteiger partial charge in [0.15, 0.2) is 0 Å². The Morgan fingerprint density at radius 3 is 2.75 bits per heavy atom. The maximum Gasteiger partial charge on any atom is 0.233 e. The Morgan fingerprint density at radius 1 is 1.44 bits per heavy atom. The van der Waals surface area contributed by atoms with Crippen molar-refractivity contribution in [3.63, 3.8) is 0 Å². The quantitative estimate of drug-likeness (QED) is 0.873. The SMILES string of the molecule is CNC(=O)CNC(C)c1cccc(Cl)c1Cl. The summed E-state index contributed by atoms with van der Waals surface area (Å²) in [6, 6.07) is 5.43. The van der Waals surface area contributed by atoms with Gasteiger partial charge in [-0.1, -0.05) is 35.3 Å². The smallest absolute Gasteiger partial charge is 0.233 e. The zero-order chi connectivity index (χ0) is 12.1. The van der Waals surface area contributed by atoms with E-state index in [0.29, 0.717) is 10.0 Å². The van der Waals surface area contributed by atoms with E-state index in [1.54, 1.807) is 13.1 Å². The molecule has 0 aliphatic heterocycles. The second-order valence-corrected chi connectivity index (χ2v) is 4.20. The average Bonchev–Trinajstić information content (AvgIpc) is 2.29. The summed E-state index contributed by atoms with van der Waals surface area (Å²) in [6.07, 6.45) is 0. The molecule has 0 heterocycles. The van der Waals surface area contributed by atoms with Crippen molar-refractivity contribution < 1.29 is 4.79 Å². The number of halogens is 2. The van der Waals surface area contributed by atoms with Crippen LogP contribution in [0.1, 0.15) is 18.5 Å². The van der Waals surface area contributed by atoms with E-state index in [4.69, 9.17) is 23.2 Å². The fourth-order valence-electron chi connectivity index (χ4n) is 1.30. The summed E-state index contributed by atoms with van der Waals surface area (Å²) in [4.78, 5) is 11.1. The van der Waals surface area contributed by atoms with Crippen LogP contribution >= 0.6 is 23.2 Å². The Balaban J connectivity index is 2.69. The summed E-state index contributed by atoms with van der Waals surface area (Å²) in [6.45, 7) is 2.18. The van der Waals surface area contributed by atoms with E-state index in [1.165, 1.54) is 0 Å². The first kappa shape index (κ1) is 13.3. The van der Waals surface area contributed by atoms with E-state index in [0.717, 1.165) is 5.56 Å². The number of hydrogen-bond donors (Lipinski definition) is 2. The topological polar surface area (TPSA) is 41.1 Å². The van der Waals surface area contributed by atoms with Crippen LogP contribution in [0.3, 0.4) is 0 Å². The van der Waals surface area contributed by atoms with Gasteiger partial charge in [-0.3, -0.25) is 4.79 Å². The molecule has 0 aromatic heterocycles. The van der Waals surface area contributed by atoms with Crippen LogP contribution in [-0.4, -0.2) is 19.5 Å². The summed E-state index contributed by atoms with van der Waals surface area (Å²) in [5.41, 5.74) is 0.887. The molecule has 1 amide bonds. The van der Waals surface area contributed by atoms with Crippen molar-refractivity contribution in [3.05, 3.63) is 33.8 Å². The summed E-state index contributed by atoms with van der Waals surface area (Å²) in [5, 5.41) is 6.65. The second kappa shape index (κ2) is 6.09. The van der Waals surface area contributed by atoms with Crippen LogP contribution in [0.5, 0.6) is 0 Å². The summed E-state index contributed by atoms with van der Waals surface area (Å²) in [5.74, 6) is -0.0648. The maximum absolute atomic E-state index is 11.1. The lowest BCUT2D eigenvalue weighted by Gasteiger charge is -2.15. The standard InChI is InChI=1S/C11H14Cl2N2O/c1-7(15-6-10(16)14-2)8-4-3-5-9(12)11(8)13/h3-5,7,15H,6H2,1-2H3,(H,14,16). The number of rotatable bonds is 4. The number of hydrogen-bond acceptors (Lipinski definition) is 2. The van der Waals surface area contributed by atoms with Crippen LogP contribution < -0.4 is 10.6 Å². The van der Waals surface area contributed by atoms with Crippen LogP contribution in [0.15, 0.2) is 18.2 Å². The minimum atomic E-state index is -0.0648. The molecule has 5 heteroatoms. The largest absolute Gasteiger partial charge is 0.358 e. The number of nitrogens with one attached hydrogen (secondary N) is 2. The highest BCUT2D eigenvalue weighted by atomic mass is 35.5. The number of likely N-dealkylation sites (N-methyl/N-ethyl adjacent to an activating group) is 1. The number of carbonyl (C=O) groups is 1. The minimum absolute atomic E-state index is 0.0245. The zero-order valence-electron chi connectivity index (χ0n) is 9.18. The van der Waals surface area contributed by atoms with E-state index in [2.05, 4.69) is 10.6 Å². The van der Waals surface area contributed by atoms with E-state index < -0.39 is 0 Å². The highest BCUT2D eigenvalue weighted by Crippen LogP contribution is 2.29. The number of carbonyl (C=O) groups excluding carboxylic acids is 1. The van der Waals surface area contributed by atoms with Gasteiger partial charge in [0.05, 0.1) is 16.6 Å². The molecule has 0 saturated carbocycles. The van der Waals surface area contributed by atoms with Crippen LogP contribution in [0.2, 0.25) is 10.0 Å². The van der Waals surface area contributed by atoms with Gasteiger partial charge in [-0.05, 0) is 18.6 Å². The highest BCUT2D eigenvalue weighted by molar-refractivity contribution is 6.42. The molecule has 1 unspecified atom stereocenters. The molecule has 0 radical (unpaired) electrons. The van der Waals surface area contributed by atoms with Crippen LogP contribution in [-0.2, 0) is 4.79 Å². The second-order valence-electron chi connectivity index (χ2n) is 3.42. The summed E-state index contributed by atoms with van der Waals surface area (Å²) >= 11 is 12.0. The van der Waals surface area contributed by atoms with E-state index in [9.17, 15) is 4.79 Å². The van der Waals surface area contributed by atoms with Crippen molar-refractivity contribution in [2.24, 2.45) is 0 Å². The van der Waals surface area contributed by atoms with Gasteiger partial charge >= 0.3 is 0 Å². The number of amides is 1. The average molecular weight is 261 g/mol. The third-order valence-electron chi connectivity index (χ3n) is 2.30. The Hall–Kier alpha value is -0.770. The van der Waals surface area contributed by atoms with Gasteiger partial charge in [-0.25, -0.2) is 0 Å². The molecule has 0 saturated heterocycles. The molecule has 1 atom stereocenters. The Kier molecular flexibility index (Phi) is 5.06. The molecule has 3 nitrogen and oxygen atoms in total. The van der Waals surface area contributed by atoms with Gasteiger partial charge in [0.25, 0.3) is 0 Å². The fraction of sp³-hybridized carbons (Fsp3) is 0.364. The van der Waals surface area contributed by atoms with Gasteiger partial charge in [-0.15, -0.1) is 0 Å². The van der Waals surface area contributed by atoms with Crippen molar-refractivity contribution >= 4 is 29.1 Å². The molecule has 0 spiro atoms. The maximum atomic E-state index is 11.1. The van der Waals surface area contributed by atoms with Gasteiger partial charge in [-0.2, -0.15) is 0 Å². The third kappa shape index (κ3) is 3.37. The lowest BCUT2D eigenvalue weighted by Crippen LogP contribution is -2.32. The lowest BCUT2D eigenvalue weighted by molar-refractivity contribution is -0.119. The minimum Gasteiger partial charge on any atom is -0.358 e. The van der Waals surface area contributed by atoms with Crippen LogP contribution in [0, 0.1) is 0 Å². The molecule has 16 heavy (non-hydrogen) atoms. The Bertz CT molecular complexity index is 382. The lowest BCUT2D eigenvalue weighted by atomic mass is 10.1. The predicted octanol–water partition coefficient (Wildman–Crippen LogP) is 2.39. The Labute approximate surface area is 105 Å². The van der Waals surface area contributed by atoms with E-state index >= 15 is 0 Å².